The smallest absolute Gasteiger partial charge is 0.324 e. The third kappa shape index (κ3) is 12.1. The molecule has 3 amide bonds. The number of likely N-dealkylation sites (tertiary alicyclic amines) is 1. The Balaban J connectivity index is 0.00000210. The summed E-state index contributed by atoms with van der Waals surface area (Å²) in [5.74, 6) is -2.02. The highest BCUT2D eigenvalue weighted by molar-refractivity contribution is 7.10. The second-order valence-electron chi connectivity index (χ2n) is 18.4. The number of hydrogen-bond donors (Lipinski definition) is 2. The first-order valence-corrected chi connectivity index (χ1v) is 25.2. The number of carbonyl (C=O) groups excluding carboxylic acids is 5. The lowest BCUT2D eigenvalue weighted by Crippen LogP contribution is -2.63. The van der Waals surface area contributed by atoms with Gasteiger partial charge in [0.1, 0.15) is 24.4 Å². The molecule has 4 unspecified atom stereocenters. The summed E-state index contributed by atoms with van der Waals surface area (Å²) in [7, 11) is 3.32. The Morgan fingerprint density at radius 1 is 1.12 bits per heavy atom. The average Bonchev–Trinajstić information content (AvgIpc) is 3.93. The molecule has 4 atom stereocenters. The molecule has 6 heterocycles. The number of aldehydes is 1. The largest absolute Gasteiger partial charge is 0.464 e. The Morgan fingerprint density at radius 3 is 2.53 bits per heavy atom. The van der Waals surface area contributed by atoms with Crippen LogP contribution in [0.2, 0.25) is 0 Å². The number of rotatable bonds is 12. The van der Waals surface area contributed by atoms with Gasteiger partial charge in [-0.05, 0) is 74.9 Å². The maximum Gasteiger partial charge on any atom is 0.324 e. The molecule has 1 aromatic carbocycles. The molecular weight excluding hydrogens is 881 g/mol. The van der Waals surface area contributed by atoms with Gasteiger partial charge >= 0.3 is 5.97 Å². The minimum Gasteiger partial charge on any atom is -0.464 e. The van der Waals surface area contributed by atoms with Gasteiger partial charge in [0, 0.05) is 92.3 Å². The predicted molar refractivity (Wildman–Crippen MR) is 269 cm³/mol. The van der Waals surface area contributed by atoms with E-state index in [0.717, 1.165) is 51.0 Å². The summed E-state index contributed by atoms with van der Waals surface area (Å²) in [6.07, 6.45) is 7.15. The molecule has 2 fully saturated rings. The first kappa shape index (κ1) is 53.7. The number of hydrazine groups is 1. The summed E-state index contributed by atoms with van der Waals surface area (Å²) in [5.41, 5.74) is 9.30. The lowest BCUT2D eigenvalue weighted by Gasteiger charge is -2.41. The van der Waals surface area contributed by atoms with Gasteiger partial charge in [-0.15, -0.1) is 11.3 Å². The molecule has 3 aliphatic heterocycles. The number of carbonyl (C=O) groups is 5. The number of allylic oxidation sites excluding steroid dienone is 1. The standard InChI is InChI=1S/C48H62N8O7S.2C2H6/c1-9-55-39-17-16-31-22-34(39)35(43(55)33-14-12-18-49-41(33)30(4)62-8)24-48(5,6)28-63-47(61)36-15-13-20-56(52-36)46(60)37(23-40-50-38(31)27-64-40)51-44(58)42(29(2)3)53(7)45(59)32-25-54(26-32)19-10-11-21-57;2*1-2/h10-12,14,16-18,21-22,27,29-30,32,36-37,42,52H,9,13,15,19-20,23-26,28H2,1-8H3,(H,51,58);2*1-2H3/b11-10+;;. The molecule has 15 nitrogen and oxygen atoms in total. The number of fused-ring (bicyclic) bond motifs is 6. The molecule has 16 heteroatoms. The van der Waals surface area contributed by atoms with E-state index in [4.69, 9.17) is 19.4 Å². The third-order valence-corrected chi connectivity index (χ3v) is 13.6. The van der Waals surface area contributed by atoms with Gasteiger partial charge in [0.05, 0.1) is 40.7 Å². The number of methoxy groups -OCH3 is 1. The summed E-state index contributed by atoms with van der Waals surface area (Å²) in [6, 6.07) is 7.73. The fourth-order valence-electron chi connectivity index (χ4n) is 9.31. The molecule has 0 radical (unpaired) electrons. The van der Waals surface area contributed by atoms with Crippen molar-refractivity contribution in [2.24, 2.45) is 17.3 Å². The van der Waals surface area contributed by atoms with Crippen LogP contribution in [0.15, 0.2) is 54.1 Å². The van der Waals surface area contributed by atoms with Crippen LogP contribution in [0.1, 0.15) is 104 Å². The van der Waals surface area contributed by atoms with Gasteiger partial charge in [-0.2, -0.15) is 0 Å². The first-order chi connectivity index (χ1) is 32.6. The number of likely N-dealkylation sites (N-methyl/N-ethyl adjacent to an activating group) is 1. The molecule has 0 spiro atoms. The first-order valence-electron chi connectivity index (χ1n) is 24.4. The Kier molecular flexibility index (Phi) is 19.2. The maximum atomic E-state index is 14.6. The fraction of sp³-hybridized carbons (Fsp3) is 0.558. The SMILES string of the molecule is CC.CC.CCn1c(-c2cccnc2C(C)OC)c2c3cc(ccc31)-c1csc(n1)CC(NC(=O)C(C(C)C)N(C)C(=O)C1CN(C/C=C/C=O)C1)C(=O)N1CCCC(N1)C(=O)OCC(C)(C)C2. The number of aromatic nitrogens is 3. The van der Waals surface area contributed by atoms with Crippen molar-refractivity contribution in [2.45, 2.75) is 126 Å². The van der Waals surface area contributed by atoms with Crippen molar-refractivity contribution in [1.29, 1.82) is 0 Å². The number of pyridine rings is 1. The summed E-state index contributed by atoms with van der Waals surface area (Å²) in [6.45, 7) is 22.8. The van der Waals surface area contributed by atoms with E-state index in [2.05, 4.69) is 65.2 Å². The average molecular weight is 955 g/mol. The van der Waals surface area contributed by atoms with Gasteiger partial charge in [0.2, 0.25) is 11.8 Å². The van der Waals surface area contributed by atoms with Crippen LogP contribution in [0.5, 0.6) is 0 Å². The molecule has 0 aliphatic carbocycles. The zero-order chi connectivity index (χ0) is 49.9. The van der Waals surface area contributed by atoms with E-state index in [1.54, 1.807) is 26.4 Å². The number of nitrogens with zero attached hydrogens (tertiary/aromatic N) is 6. The summed E-state index contributed by atoms with van der Waals surface area (Å²) < 4.78 is 14.2. The highest BCUT2D eigenvalue weighted by Gasteiger charge is 2.41. The zero-order valence-corrected chi connectivity index (χ0v) is 43.1. The van der Waals surface area contributed by atoms with E-state index in [1.165, 1.54) is 27.3 Å². The van der Waals surface area contributed by atoms with E-state index < -0.39 is 41.3 Å². The molecule has 7 rings (SSSR count). The monoisotopic (exact) mass is 955 g/mol. The molecule has 0 saturated carbocycles. The van der Waals surface area contributed by atoms with Crippen molar-refractivity contribution in [1.82, 2.24) is 40.1 Å². The van der Waals surface area contributed by atoms with Gasteiger partial charge in [-0.1, -0.05) is 67.5 Å². The number of amides is 3. The minimum absolute atomic E-state index is 0.0937. The molecule has 2 N–H and O–H groups in total. The Bertz CT molecular complexity index is 2400. The summed E-state index contributed by atoms with van der Waals surface area (Å²) >= 11 is 1.42. The molecular formula is C52H74N8O7S. The molecule has 68 heavy (non-hydrogen) atoms. The Labute approximate surface area is 407 Å². The highest BCUT2D eigenvalue weighted by Crippen LogP contribution is 2.42. The van der Waals surface area contributed by atoms with Crippen LogP contribution < -0.4 is 10.7 Å². The predicted octanol–water partition coefficient (Wildman–Crippen LogP) is 7.42. The van der Waals surface area contributed by atoms with Gasteiger partial charge in [0.15, 0.2) is 0 Å². The normalized spacial score (nSPS) is 19.7. The number of nitrogens with one attached hydrogen (secondary N) is 2. The van der Waals surface area contributed by atoms with Crippen molar-refractivity contribution < 1.29 is 33.4 Å². The summed E-state index contributed by atoms with van der Waals surface area (Å²) in [4.78, 5) is 80.6. The van der Waals surface area contributed by atoms with Crippen LogP contribution in [-0.4, -0.2) is 124 Å². The Hall–Kier alpha value is -5.29. The van der Waals surface area contributed by atoms with E-state index in [-0.39, 0.29) is 36.9 Å². The maximum absolute atomic E-state index is 14.6. The minimum atomic E-state index is -1.06. The second-order valence-corrected chi connectivity index (χ2v) is 19.3. The topological polar surface area (TPSA) is 168 Å². The number of ether oxygens (including phenoxy) is 2. The number of cyclic esters (lactones) is 1. The zero-order valence-electron chi connectivity index (χ0n) is 42.3. The van der Waals surface area contributed by atoms with Crippen molar-refractivity contribution in [3.05, 3.63) is 70.3 Å². The molecule has 4 aromatic rings. The van der Waals surface area contributed by atoms with Gasteiger partial charge in [-0.25, -0.2) is 10.4 Å². The number of aryl methyl sites for hydroxylation is 1. The van der Waals surface area contributed by atoms with Crippen molar-refractivity contribution >= 4 is 52.2 Å². The van der Waals surface area contributed by atoms with E-state index in [1.807, 2.05) is 59.9 Å². The van der Waals surface area contributed by atoms with Gasteiger partial charge < -0.3 is 24.3 Å². The van der Waals surface area contributed by atoms with Crippen LogP contribution in [0.25, 0.3) is 33.4 Å². The molecule has 2 saturated heterocycles. The third-order valence-electron chi connectivity index (χ3n) is 12.7. The van der Waals surface area contributed by atoms with Crippen LogP contribution in [0.4, 0.5) is 0 Å². The van der Waals surface area contributed by atoms with Crippen LogP contribution in [-0.2, 0) is 52.8 Å². The highest BCUT2D eigenvalue weighted by atomic mass is 32.1. The Morgan fingerprint density at radius 2 is 1.85 bits per heavy atom. The number of hydrogen-bond acceptors (Lipinski definition) is 12. The lowest BCUT2D eigenvalue weighted by atomic mass is 9.84. The van der Waals surface area contributed by atoms with Crippen molar-refractivity contribution in [3.63, 3.8) is 0 Å². The van der Waals surface area contributed by atoms with Crippen molar-refractivity contribution in [2.75, 3.05) is 46.9 Å². The molecule has 3 aliphatic rings. The molecule has 6 bridgehead atoms. The van der Waals surface area contributed by atoms with E-state index >= 15 is 0 Å². The summed E-state index contributed by atoms with van der Waals surface area (Å²) in [5, 5.41) is 8.14. The van der Waals surface area contributed by atoms with E-state index in [9.17, 15) is 24.0 Å². The van der Waals surface area contributed by atoms with Crippen LogP contribution in [0.3, 0.4) is 0 Å². The van der Waals surface area contributed by atoms with Gasteiger partial charge in [0.25, 0.3) is 5.91 Å². The lowest BCUT2D eigenvalue weighted by molar-refractivity contribution is -0.155. The van der Waals surface area contributed by atoms with Crippen LogP contribution >= 0.6 is 11.3 Å². The van der Waals surface area contributed by atoms with Gasteiger partial charge in [-0.3, -0.25) is 38.9 Å². The fourth-order valence-corrected chi connectivity index (χ4v) is 10.2. The number of thiazole rings is 1. The second kappa shape index (κ2) is 24.3. The van der Waals surface area contributed by atoms with Crippen LogP contribution in [0, 0.1) is 17.3 Å². The number of benzene rings is 1. The van der Waals surface area contributed by atoms with Crippen molar-refractivity contribution in [3.8, 4) is 22.5 Å². The molecule has 3 aromatic heterocycles. The molecule has 370 valence electrons. The number of esters is 1. The quantitative estimate of drug-likeness (QED) is 0.0824. The van der Waals surface area contributed by atoms with E-state index in [0.29, 0.717) is 57.0 Å².